The Morgan fingerprint density at radius 3 is 2.71 bits per heavy atom. The Hall–Kier alpha value is -2.02. The van der Waals surface area contributed by atoms with Crippen LogP contribution in [0.3, 0.4) is 0 Å². The molecule has 0 radical (unpaired) electrons. The van der Waals surface area contributed by atoms with Crippen molar-refractivity contribution >= 4 is 0 Å². The quantitative estimate of drug-likeness (QED) is 0.524. The van der Waals surface area contributed by atoms with Gasteiger partial charge >= 0.3 is 0 Å². The summed E-state index contributed by atoms with van der Waals surface area (Å²) in [5, 5.41) is 0. The number of ether oxygens (including phenoxy) is 1. The zero-order valence-corrected chi connectivity index (χ0v) is 17.3. The molecule has 2 saturated carbocycles. The van der Waals surface area contributed by atoms with Crippen LogP contribution < -0.4 is 4.74 Å². The van der Waals surface area contributed by atoms with Crippen molar-refractivity contribution in [3.05, 3.63) is 76.9 Å². The highest BCUT2D eigenvalue weighted by Crippen LogP contribution is 2.62. The van der Waals surface area contributed by atoms with Crippen molar-refractivity contribution in [1.82, 2.24) is 0 Å². The van der Waals surface area contributed by atoms with E-state index in [1.807, 2.05) is 0 Å². The van der Waals surface area contributed by atoms with E-state index in [-0.39, 0.29) is 0 Å². The Kier molecular flexibility index (Phi) is 4.57. The highest BCUT2D eigenvalue weighted by atomic mass is 16.5. The number of benzene rings is 2. The van der Waals surface area contributed by atoms with E-state index in [0.717, 1.165) is 23.5 Å². The maximum Gasteiger partial charge on any atom is 0.120 e. The smallest absolute Gasteiger partial charge is 0.120 e. The summed E-state index contributed by atoms with van der Waals surface area (Å²) >= 11 is 0. The predicted octanol–water partition coefficient (Wildman–Crippen LogP) is 7.07. The average Bonchev–Trinajstić information content (AvgIpc) is 3.09. The second kappa shape index (κ2) is 7.10. The van der Waals surface area contributed by atoms with E-state index in [9.17, 15) is 0 Å². The van der Waals surface area contributed by atoms with E-state index in [4.69, 9.17) is 4.74 Å². The van der Waals surface area contributed by atoms with Crippen LogP contribution in [-0.4, -0.2) is 0 Å². The Bertz CT molecular complexity index is 880. The third-order valence-corrected chi connectivity index (χ3v) is 8.14. The molecule has 2 aromatic carbocycles. The first-order valence-corrected chi connectivity index (χ1v) is 11.1. The van der Waals surface area contributed by atoms with Gasteiger partial charge in [0.25, 0.3) is 0 Å². The molecule has 1 nitrogen and oxygen atoms in total. The third-order valence-electron chi connectivity index (χ3n) is 8.14. The molecule has 2 fully saturated rings. The molecule has 2 aromatic rings. The summed E-state index contributed by atoms with van der Waals surface area (Å²) in [6.45, 7) is 5.46. The van der Waals surface area contributed by atoms with Gasteiger partial charge in [0.15, 0.2) is 0 Å². The molecule has 0 N–H and O–H groups in total. The summed E-state index contributed by atoms with van der Waals surface area (Å²) in [7, 11) is 0. The van der Waals surface area contributed by atoms with Crippen LogP contribution in [0.25, 0.3) is 0 Å². The van der Waals surface area contributed by atoms with Gasteiger partial charge in [-0.15, -0.1) is 0 Å². The van der Waals surface area contributed by atoms with E-state index < -0.39 is 0 Å². The average molecular weight is 373 g/mol. The Labute approximate surface area is 169 Å². The van der Waals surface area contributed by atoms with E-state index in [1.54, 1.807) is 16.7 Å². The van der Waals surface area contributed by atoms with Crippen molar-refractivity contribution in [2.24, 2.45) is 17.3 Å². The molecule has 5 rings (SSSR count). The molecule has 3 aliphatic rings. The van der Waals surface area contributed by atoms with Crippen LogP contribution in [0.5, 0.6) is 5.75 Å². The topological polar surface area (TPSA) is 9.23 Å². The molecule has 0 aliphatic heterocycles. The minimum atomic E-state index is 0.478. The van der Waals surface area contributed by atoms with Gasteiger partial charge in [-0.2, -0.15) is 0 Å². The molecule has 1 heteroatoms. The van der Waals surface area contributed by atoms with Crippen molar-refractivity contribution in [3.8, 4) is 5.75 Å². The number of fused-ring (bicyclic) bond motifs is 5. The fraction of sp³-hybridized carbons (Fsp3) is 0.481. The number of aryl methyl sites for hydroxylation is 1. The summed E-state index contributed by atoms with van der Waals surface area (Å²) in [4.78, 5) is 0. The zero-order chi connectivity index (χ0) is 19.1. The molecule has 0 spiro atoms. The monoisotopic (exact) mass is 372 g/mol. The predicted molar refractivity (Wildman–Crippen MR) is 116 cm³/mol. The molecule has 4 atom stereocenters. The summed E-state index contributed by atoms with van der Waals surface area (Å²) in [5.41, 5.74) is 6.62. The first-order chi connectivity index (χ1) is 13.7. The van der Waals surface area contributed by atoms with Gasteiger partial charge in [-0.05, 0) is 97.4 Å². The van der Waals surface area contributed by atoms with Crippen LogP contribution in [0.15, 0.2) is 60.2 Å². The van der Waals surface area contributed by atoms with E-state index >= 15 is 0 Å². The molecule has 146 valence electrons. The fourth-order valence-corrected chi connectivity index (χ4v) is 6.71. The lowest BCUT2D eigenvalue weighted by Crippen LogP contribution is -2.40. The van der Waals surface area contributed by atoms with Crippen LogP contribution in [0, 0.1) is 17.3 Å². The highest BCUT2D eigenvalue weighted by Gasteiger charge is 2.52. The lowest BCUT2D eigenvalue weighted by atomic mass is 9.55. The van der Waals surface area contributed by atoms with Crippen molar-refractivity contribution in [3.63, 3.8) is 0 Å². The molecule has 28 heavy (non-hydrogen) atoms. The van der Waals surface area contributed by atoms with Crippen LogP contribution in [0.4, 0.5) is 0 Å². The summed E-state index contributed by atoms with van der Waals surface area (Å²) < 4.78 is 6.10. The van der Waals surface area contributed by atoms with Gasteiger partial charge in [-0.25, -0.2) is 0 Å². The Morgan fingerprint density at radius 1 is 1.04 bits per heavy atom. The lowest BCUT2D eigenvalue weighted by molar-refractivity contribution is 0.0813. The van der Waals surface area contributed by atoms with Crippen LogP contribution in [0.2, 0.25) is 0 Å². The van der Waals surface area contributed by atoms with Crippen LogP contribution >= 0.6 is 0 Å². The van der Waals surface area contributed by atoms with Crippen LogP contribution in [-0.2, 0) is 13.0 Å². The minimum absolute atomic E-state index is 0.478. The number of rotatable bonds is 3. The van der Waals surface area contributed by atoms with Gasteiger partial charge in [0, 0.05) is 0 Å². The van der Waals surface area contributed by atoms with Crippen LogP contribution in [0.1, 0.15) is 68.6 Å². The summed E-state index contributed by atoms with van der Waals surface area (Å²) in [6, 6.07) is 17.4. The van der Waals surface area contributed by atoms with Crippen molar-refractivity contribution < 1.29 is 4.74 Å². The summed E-state index contributed by atoms with van der Waals surface area (Å²) in [6.07, 6.45) is 10.5. The first-order valence-electron chi connectivity index (χ1n) is 11.1. The zero-order valence-electron chi connectivity index (χ0n) is 17.3. The first kappa shape index (κ1) is 18.0. The SMILES string of the molecule is C/C=C1/CC[C@H]2[C@@H]3CCc4cc(OCc5ccccc5)ccc4[C@H]3CC[C@]12C. The standard InChI is InChI=1S/C27H32O/c1-3-21-10-14-26-25-12-9-20-17-22(28-18-19-7-5-4-6-8-19)11-13-23(20)24(25)15-16-27(21,26)2/h3-8,11,13,17,24-26H,9-10,12,14-16,18H2,1-2H3/b21-3-/t24-,25-,26+,27-/m1/s1. The van der Waals surface area contributed by atoms with Gasteiger partial charge in [0.2, 0.25) is 0 Å². The molecule has 0 heterocycles. The van der Waals surface area contributed by atoms with E-state index in [1.165, 1.54) is 44.1 Å². The van der Waals surface area contributed by atoms with Gasteiger partial charge in [0.05, 0.1) is 0 Å². The Morgan fingerprint density at radius 2 is 1.89 bits per heavy atom. The normalized spacial score (nSPS) is 32.5. The van der Waals surface area contributed by atoms with E-state index in [0.29, 0.717) is 12.0 Å². The fourth-order valence-electron chi connectivity index (χ4n) is 6.71. The molecule has 0 aromatic heterocycles. The molecular formula is C27H32O. The molecule has 3 aliphatic carbocycles. The second-order valence-electron chi connectivity index (χ2n) is 9.36. The number of hydrogen-bond acceptors (Lipinski definition) is 1. The maximum atomic E-state index is 6.10. The van der Waals surface area contributed by atoms with Gasteiger partial charge < -0.3 is 4.74 Å². The van der Waals surface area contributed by atoms with Gasteiger partial charge in [-0.3, -0.25) is 0 Å². The largest absolute Gasteiger partial charge is 0.489 e. The Balaban J connectivity index is 1.35. The van der Waals surface area contributed by atoms with Gasteiger partial charge in [0.1, 0.15) is 12.4 Å². The maximum absolute atomic E-state index is 6.10. The minimum Gasteiger partial charge on any atom is -0.489 e. The van der Waals surface area contributed by atoms with Crippen molar-refractivity contribution in [2.75, 3.05) is 0 Å². The third kappa shape index (κ3) is 2.91. The van der Waals surface area contributed by atoms with Gasteiger partial charge in [-0.1, -0.05) is 55.0 Å². The molecule has 0 unspecified atom stereocenters. The molecule has 0 saturated heterocycles. The summed E-state index contributed by atoms with van der Waals surface area (Å²) in [5.74, 6) is 3.55. The number of allylic oxidation sites excluding steroid dienone is 2. The lowest BCUT2D eigenvalue weighted by Gasteiger charge is -2.49. The molecule has 0 amide bonds. The highest BCUT2D eigenvalue weighted by molar-refractivity contribution is 5.41. The van der Waals surface area contributed by atoms with Crippen molar-refractivity contribution in [2.45, 2.75) is 64.9 Å². The van der Waals surface area contributed by atoms with E-state index in [2.05, 4.69) is 68.5 Å². The molecule has 0 bridgehead atoms. The van der Waals surface area contributed by atoms with Crippen molar-refractivity contribution in [1.29, 1.82) is 0 Å². The number of hydrogen-bond donors (Lipinski definition) is 0. The second-order valence-corrected chi connectivity index (χ2v) is 9.36. The molecular weight excluding hydrogens is 340 g/mol.